The van der Waals surface area contributed by atoms with Crippen LogP contribution in [0.2, 0.25) is 0 Å². The zero-order valence-electron chi connectivity index (χ0n) is 26.5. The van der Waals surface area contributed by atoms with E-state index in [2.05, 4.69) is 29.3 Å². The Bertz CT molecular complexity index is 1630. The Kier molecular flexibility index (Phi) is 10.7. The SMILES string of the molecule is C=CCCC(=O)NNC(=O)N[C@H](C(=O)N1CC(Oc2nc3ccccc3nc2-c2cccc(C=C)c2)C[C@H]1C(=O)OC)C(C)(C)C. The molecule has 0 bridgehead atoms. The minimum Gasteiger partial charge on any atom is -0.471 e. The minimum atomic E-state index is -1.07. The van der Waals surface area contributed by atoms with Crippen LogP contribution in [-0.2, 0) is 19.1 Å². The lowest BCUT2D eigenvalue weighted by Gasteiger charge is -2.35. The molecule has 2 aromatic carbocycles. The zero-order chi connectivity index (χ0) is 33.4. The van der Waals surface area contributed by atoms with Gasteiger partial charge in [-0.3, -0.25) is 15.0 Å². The predicted molar refractivity (Wildman–Crippen MR) is 174 cm³/mol. The van der Waals surface area contributed by atoms with Gasteiger partial charge in [-0.15, -0.1) is 6.58 Å². The van der Waals surface area contributed by atoms with Gasteiger partial charge in [-0.05, 0) is 35.6 Å². The van der Waals surface area contributed by atoms with Crippen LogP contribution in [0.3, 0.4) is 0 Å². The highest BCUT2D eigenvalue weighted by molar-refractivity contribution is 5.92. The number of methoxy groups -OCH3 is 1. The number of nitrogens with zero attached hydrogens (tertiary/aromatic N) is 3. The van der Waals surface area contributed by atoms with E-state index in [0.29, 0.717) is 23.1 Å². The number of hydrazine groups is 1. The number of likely N-dealkylation sites (tertiary alicyclic amines) is 1. The minimum absolute atomic E-state index is 0.0212. The van der Waals surface area contributed by atoms with Crippen molar-refractivity contribution < 1.29 is 28.7 Å². The van der Waals surface area contributed by atoms with Gasteiger partial charge in [0.2, 0.25) is 17.7 Å². The van der Waals surface area contributed by atoms with Crippen LogP contribution in [0.4, 0.5) is 4.79 Å². The molecule has 3 N–H and O–H groups in total. The quantitative estimate of drug-likeness (QED) is 0.172. The average Bonchev–Trinajstić information content (AvgIpc) is 3.47. The first-order chi connectivity index (χ1) is 21.9. The molecule has 4 rings (SSSR count). The van der Waals surface area contributed by atoms with Crippen molar-refractivity contribution in [3.63, 3.8) is 0 Å². The number of allylic oxidation sites excluding steroid dienone is 1. The Morgan fingerprint density at radius 1 is 1.04 bits per heavy atom. The Morgan fingerprint density at radius 3 is 2.41 bits per heavy atom. The van der Waals surface area contributed by atoms with Gasteiger partial charge in [0.1, 0.15) is 23.9 Å². The number of aromatic nitrogens is 2. The highest BCUT2D eigenvalue weighted by Gasteiger charge is 2.46. The summed E-state index contributed by atoms with van der Waals surface area (Å²) >= 11 is 0. The molecule has 242 valence electrons. The Morgan fingerprint density at radius 2 is 1.76 bits per heavy atom. The molecule has 3 aromatic rings. The molecule has 1 aliphatic rings. The van der Waals surface area contributed by atoms with Crippen molar-refractivity contribution in [2.75, 3.05) is 13.7 Å². The van der Waals surface area contributed by atoms with E-state index in [1.807, 2.05) is 48.5 Å². The predicted octanol–water partition coefficient (Wildman–Crippen LogP) is 4.17. The molecular formula is C34H40N6O6. The van der Waals surface area contributed by atoms with Crippen LogP contribution >= 0.6 is 0 Å². The molecule has 1 aromatic heterocycles. The summed E-state index contributed by atoms with van der Waals surface area (Å²) in [6, 6.07) is 12.2. The van der Waals surface area contributed by atoms with E-state index in [-0.39, 0.29) is 25.3 Å². The molecule has 1 unspecified atom stereocenters. The van der Waals surface area contributed by atoms with Gasteiger partial charge in [-0.25, -0.2) is 25.0 Å². The third-order valence-electron chi connectivity index (χ3n) is 7.51. The van der Waals surface area contributed by atoms with E-state index in [1.54, 1.807) is 32.9 Å². The van der Waals surface area contributed by atoms with Gasteiger partial charge in [0.05, 0.1) is 24.7 Å². The van der Waals surface area contributed by atoms with Gasteiger partial charge in [-0.2, -0.15) is 0 Å². The number of para-hydroxylation sites is 2. The number of esters is 1. The third-order valence-corrected chi connectivity index (χ3v) is 7.51. The summed E-state index contributed by atoms with van der Waals surface area (Å²) in [4.78, 5) is 62.6. The number of fused-ring (bicyclic) bond motifs is 1. The first kappa shape index (κ1) is 33.6. The number of benzene rings is 2. The van der Waals surface area contributed by atoms with Gasteiger partial charge >= 0.3 is 12.0 Å². The van der Waals surface area contributed by atoms with Crippen molar-refractivity contribution in [3.8, 4) is 17.1 Å². The maximum absolute atomic E-state index is 14.1. The summed E-state index contributed by atoms with van der Waals surface area (Å²) in [7, 11) is 1.25. The molecule has 1 aliphatic heterocycles. The number of amides is 4. The third kappa shape index (κ3) is 8.06. The fourth-order valence-electron chi connectivity index (χ4n) is 5.11. The summed E-state index contributed by atoms with van der Waals surface area (Å²) in [5.41, 5.74) is 7.27. The highest BCUT2D eigenvalue weighted by Crippen LogP contribution is 2.33. The molecule has 46 heavy (non-hydrogen) atoms. The Labute approximate surface area is 268 Å². The number of hydrogen-bond donors (Lipinski definition) is 3. The van der Waals surface area contributed by atoms with E-state index in [9.17, 15) is 19.2 Å². The smallest absolute Gasteiger partial charge is 0.334 e. The molecular weight excluding hydrogens is 588 g/mol. The van der Waals surface area contributed by atoms with Crippen LogP contribution in [0.25, 0.3) is 28.4 Å². The van der Waals surface area contributed by atoms with Gasteiger partial charge in [0, 0.05) is 18.4 Å². The summed E-state index contributed by atoms with van der Waals surface area (Å²) in [5.74, 6) is -1.29. The van der Waals surface area contributed by atoms with Crippen molar-refractivity contribution in [3.05, 3.63) is 73.3 Å². The second-order valence-electron chi connectivity index (χ2n) is 12.0. The van der Waals surface area contributed by atoms with Crippen molar-refractivity contribution in [2.24, 2.45) is 5.41 Å². The lowest BCUT2D eigenvalue weighted by atomic mass is 9.85. The number of carbonyl (C=O) groups is 4. The lowest BCUT2D eigenvalue weighted by molar-refractivity contribution is -0.152. The number of rotatable bonds is 10. The van der Waals surface area contributed by atoms with Crippen LogP contribution in [-0.4, -0.2) is 70.5 Å². The van der Waals surface area contributed by atoms with Crippen molar-refractivity contribution in [2.45, 2.75) is 58.2 Å². The van der Waals surface area contributed by atoms with E-state index in [1.165, 1.54) is 12.0 Å². The molecule has 0 saturated carbocycles. The van der Waals surface area contributed by atoms with Crippen LogP contribution in [0.15, 0.2) is 67.8 Å². The first-order valence-electron chi connectivity index (χ1n) is 15.0. The van der Waals surface area contributed by atoms with Gasteiger partial charge in [0.15, 0.2) is 0 Å². The second-order valence-corrected chi connectivity index (χ2v) is 12.0. The molecule has 0 radical (unpaired) electrons. The molecule has 12 nitrogen and oxygen atoms in total. The number of hydrogen-bond acceptors (Lipinski definition) is 8. The zero-order valence-corrected chi connectivity index (χ0v) is 26.5. The Hall–Kier alpha value is -5.26. The fourth-order valence-corrected chi connectivity index (χ4v) is 5.11. The van der Waals surface area contributed by atoms with E-state index < -0.39 is 47.4 Å². The van der Waals surface area contributed by atoms with E-state index in [0.717, 1.165) is 11.1 Å². The topological polar surface area (TPSA) is 152 Å². The number of urea groups is 1. The lowest BCUT2D eigenvalue weighted by Crippen LogP contribution is -2.60. The molecule has 12 heteroatoms. The summed E-state index contributed by atoms with van der Waals surface area (Å²) < 4.78 is 11.5. The van der Waals surface area contributed by atoms with Crippen LogP contribution < -0.4 is 20.9 Å². The molecule has 1 saturated heterocycles. The summed E-state index contributed by atoms with van der Waals surface area (Å²) in [6.45, 7) is 12.8. The summed E-state index contributed by atoms with van der Waals surface area (Å²) in [5, 5.41) is 2.65. The van der Waals surface area contributed by atoms with Crippen molar-refractivity contribution in [1.29, 1.82) is 0 Å². The molecule has 2 heterocycles. The normalized spacial score (nSPS) is 16.7. The molecule has 3 atom stereocenters. The maximum atomic E-state index is 14.1. The standard InChI is InChI=1S/C34H40N6O6/c1-7-9-17-27(41)38-39-33(44)37-29(34(3,4)5)31(42)40-20-23(19-26(40)32(43)45-6)46-30-28(22-14-12-13-21(8-2)18-22)35-24-15-10-11-16-25(24)36-30/h7-8,10-16,18,23,26,29H,1-2,9,17,19-20H2,3-6H3,(H,38,41)(H2,37,39,44)/t23?,26-,29+/m0/s1. The second kappa shape index (κ2) is 14.7. The fraction of sp³-hybridized carbons (Fsp3) is 0.353. The largest absolute Gasteiger partial charge is 0.471 e. The van der Waals surface area contributed by atoms with Crippen LogP contribution in [0.5, 0.6) is 5.88 Å². The van der Waals surface area contributed by atoms with Gasteiger partial charge in [-0.1, -0.05) is 69.8 Å². The summed E-state index contributed by atoms with van der Waals surface area (Å²) in [6.07, 6.45) is 3.39. The number of nitrogens with one attached hydrogen (secondary N) is 3. The molecule has 0 spiro atoms. The van der Waals surface area contributed by atoms with E-state index >= 15 is 0 Å². The van der Waals surface area contributed by atoms with Gasteiger partial charge in [0.25, 0.3) is 0 Å². The molecule has 1 fully saturated rings. The number of carbonyl (C=O) groups excluding carboxylic acids is 4. The number of ether oxygens (including phenoxy) is 2. The van der Waals surface area contributed by atoms with Crippen molar-refractivity contribution in [1.82, 2.24) is 31.0 Å². The monoisotopic (exact) mass is 628 g/mol. The van der Waals surface area contributed by atoms with Crippen molar-refractivity contribution >= 4 is 40.9 Å². The first-order valence-corrected chi connectivity index (χ1v) is 15.0. The maximum Gasteiger partial charge on any atom is 0.334 e. The molecule has 4 amide bonds. The van der Waals surface area contributed by atoms with Gasteiger partial charge < -0.3 is 19.7 Å². The highest BCUT2D eigenvalue weighted by atomic mass is 16.5. The van der Waals surface area contributed by atoms with Crippen LogP contribution in [0, 0.1) is 5.41 Å². The molecule has 0 aliphatic carbocycles. The van der Waals surface area contributed by atoms with Crippen LogP contribution in [0.1, 0.15) is 45.6 Å². The average molecular weight is 629 g/mol. The Balaban J connectivity index is 1.60. The van der Waals surface area contributed by atoms with E-state index in [4.69, 9.17) is 19.4 Å².